The van der Waals surface area contributed by atoms with Crippen molar-refractivity contribution in [1.29, 1.82) is 0 Å². The summed E-state index contributed by atoms with van der Waals surface area (Å²) in [6, 6.07) is 9.05. The number of nitrogens with one attached hydrogen (secondary N) is 2. The highest BCUT2D eigenvalue weighted by Gasteiger charge is 2.19. The van der Waals surface area contributed by atoms with Crippen LogP contribution in [0.3, 0.4) is 0 Å². The Morgan fingerprint density at radius 2 is 2.06 bits per heavy atom. The summed E-state index contributed by atoms with van der Waals surface area (Å²) in [7, 11) is 0. The molecule has 2 heterocycles. The van der Waals surface area contributed by atoms with Crippen LogP contribution in [0.2, 0.25) is 0 Å². The number of fused-ring (bicyclic) bond motifs is 1. The maximum absolute atomic E-state index is 12.0. The van der Waals surface area contributed by atoms with Crippen LogP contribution >= 0.6 is 0 Å². The number of para-hydroxylation sites is 1. The van der Waals surface area contributed by atoms with Crippen molar-refractivity contribution in [3.05, 3.63) is 59.4 Å². The van der Waals surface area contributed by atoms with E-state index in [0.29, 0.717) is 18.2 Å². The number of rotatable bonds is 8. The Morgan fingerprint density at radius 3 is 2.78 bits per heavy atom. The van der Waals surface area contributed by atoms with Crippen molar-refractivity contribution in [1.82, 2.24) is 15.2 Å². The molecule has 2 N–H and O–H groups in total. The fourth-order valence-corrected chi connectivity index (χ4v) is 4.27. The molecule has 0 amide bonds. The molecule has 1 aliphatic rings. The van der Waals surface area contributed by atoms with Crippen molar-refractivity contribution in [3.8, 4) is 0 Å². The van der Waals surface area contributed by atoms with E-state index in [-0.39, 0.29) is 5.97 Å². The van der Waals surface area contributed by atoms with E-state index in [1.807, 2.05) is 19.9 Å². The van der Waals surface area contributed by atoms with Crippen LogP contribution in [-0.4, -0.2) is 54.0 Å². The molecular weight excluding hydrogens is 400 g/mol. The van der Waals surface area contributed by atoms with Gasteiger partial charge in [0.1, 0.15) is 5.84 Å². The SMILES string of the molecule is CC=C/C(=C\N=C(C)N1CCC(NCCc2c(C)[nH]c3ccccc23)CC1)C(=O)OCC. The topological polar surface area (TPSA) is 69.7 Å². The van der Waals surface area contributed by atoms with Gasteiger partial charge in [-0.25, -0.2) is 9.79 Å². The van der Waals surface area contributed by atoms with E-state index in [1.54, 1.807) is 19.2 Å². The summed E-state index contributed by atoms with van der Waals surface area (Å²) in [4.78, 5) is 22.3. The lowest BCUT2D eigenvalue weighted by Crippen LogP contribution is -2.44. The van der Waals surface area contributed by atoms with Crippen LogP contribution in [0.25, 0.3) is 10.9 Å². The Morgan fingerprint density at radius 1 is 1.31 bits per heavy atom. The number of nitrogens with zero attached hydrogens (tertiary/aromatic N) is 2. The maximum Gasteiger partial charge on any atom is 0.339 e. The Hall–Kier alpha value is -2.86. The van der Waals surface area contributed by atoms with E-state index in [2.05, 4.69) is 51.4 Å². The molecule has 172 valence electrons. The molecule has 6 nitrogen and oxygen atoms in total. The second-order valence-electron chi connectivity index (χ2n) is 8.22. The molecule has 0 bridgehead atoms. The molecule has 0 saturated carbocycles. The van der Waals surface area contributed by atoms with Crippen molar-refractivity contribution >= 4 is 22.7 Å². The molecule has 0 radical (unpaired) electrons. The van der Waals surface area contributed by atoms with E-state index in [9.17, 15) is 4.79 Å². The predicted molar refractivity (Wildman–Crippen MR) is 132 cm³/mol. The summed E-state index contributed by atoms with van der Waals surface area (Å²) in [5.74, 6) is 0.597. The van der Waals surface area contributed by atoms with Crippen LogP contribution < -0.4 is 5.32 Å². The van der Waals surface area contributed by atoms with Gasteiger partial charge in [-0.1, -0.05) is 30.4 Å². The maximum atomic E-state index is 12.0. The van der Waals surface area contributed by atoms with Gasteiger partial charge in [-0.3, -0.25) is 0 Å². The molecule has 1 saturated heterocycles. The second kappa shape index (κ2) is 11.7. The molecule has 0 unspecified atom stereocenters. The van der Waals surface area contributed by atoms with Crippen molar-refractivity contribution < 1.29 is 9.53 Å². The van der Waals surface area contributed by atoms with Crippen molar-refractivity contribution in [2.75, 3.05) is 26.2 Å². The summed E-state index contributed by atoms with van der Waals surface area (Å²) < 4.78 is 5.09. The van der Waals surface area contributed by atoms with Crippen molar-refractivity contribution in [3.63, 3.8) is 0 Å². The molecule has 0 aliphatic carbocycles. The molecule has 1 aromatic heterocycles. The number of aromatic nitrogens is 1. The monoisotopic (exact) mass is 436 g/mol. The predicted octanol–water partition coefficient (Wildman–Crippen LogP) is 4.51. The molecular formula is C26H36N4O2. The first-order valence-electron chi connectivity index (χ1n) is 11.6. The third kappa shape index (κ3) is 6.10. The van der Waals surface area contributed by atoms with Crippen LogP contribution in [0.15, 0.2) is 53.2 Å². The number of ether oxygens (including phenoxy) is 1. The third-order valence-corrected chi connectivity index (χ3v) is 6.04. The fraction of sp³-hybridized carbons (Fsp3) is 0.462. The van der Waals surface area contributed by atoms with Crippen molar-refractivity contribution in [2.45, 2.75) is 53.0 Å². The average Bonchev–Trinajstić information content (AvgIpc) is 3.12. The van der Waals surface area contributed by atoms with Gasteiger partial charge < -0.3 is 19.9 Å². The van der Waals surface area contributed by atoms with E-state index in [0.717, 1.165) is 44.7 Å². The largest absolute Gasteiger partial charge is 0.462 e. The van der Waals surface area contributed by atoms with Gasteiger partial charge in [0, 0.05) is 41.9 Å². The minimum atomic E-state index is -0.338. The zero-order valence-corrected chi connectivity index (χ0v) is 19.8. The summed E-state index contributed by atoms with van der Waals surface area (Å²) in [5.41, 5.74) is 4.37. The third-order valence-electron chi connectivity index (χ3n) is 6.04. The quantitative estimate of drug-likeness (QED) is 0.210. The van der Waals surface area contributed by atoms with Crippen LogP contribution in [0.1, 0.15) is 44.9 Å². The molecule has 1 fully saturated rings. The number of amidine groups is 1. The smallest absolute Gasteiger partial charge is 0.339 e. The van der Waals surface area contributed by atoms with E-state index in [1.165, 1.54) is 22.2 Å². The van der Waals surface area contributed by atoms with Gasteiger partial charge in [0.25, 0.3) is 0 Å². The molecule has 32 heavy (non-hydrogen) atoms. The number of aryl methyl sites for hydroxylation is 1. The second-order valence-corrected chi connectivity index (χ2v) is 8.22. The Balaban J connectivity index is 1.49. The number of likely N-dealkylation sites (tertiary alicyclic amines) is 1. The summed E-state index contributed by atoms with van der Waals surface area (Å²) in [5, 5.41) is 5.08. The number of aromatic amines is 1. The highest BCUT2D eigenvalue weighted by atomic mass is 16.5. The van der Waals surface area contributed by atoms with E-state index in [4.69, 9.17) is 4.74 Å². The van der Waals surface area contributed by atoms with E-state index >= 15 is 0 Å². The summed E-state index contributed by atoms with van der Waals surface area (Å²) >= 11 is 0. The first kappa shape index (κ1) is 23.8. The van der Waals surface area contributed by atoms with Gasteiger partial charge in [0.05, 0.1) is 12.2 Å². The van der Waals surface area contributed by atoms with Gasteiger partial charge in [-0.15, -0.1) is 0 Å². The minimum Gasteiger partial charge on any atom is -0.462 e. The molecule has 1 aliphatic heterocycles. The minimum absolute atomic E-state index is 0.338. The summed E-state index contributed by atoms with van der Waals surface area (Å²) in [6.07, 6.45) is 8.37. The Labute approximate surface area is 191 Å². The molecule has 0 spiro atoms. The molecule has 0 atom stereocenters. The number of benzene rings is 1. The normalized spacial score (nSPS) is 16.3. The van der Waals surface area contributed by atoms with Gasteiger partial charge in [-0.2, -0.15) is 0 Å². The number of aliphatic imine (C=N–C) groups is 1. The number of hydrogen-bond donors (Lipinski definition) is 2. The van der Waals surface area contributed by atoms with Crippen LogP contribution in [0, 0.1) is 6.92 Å². The lowest BCUT2D eigenvalue weighted by Gasteiger charge is -2.33. The Kier molecular flexibility index (Phi) is 8.68. The average molecular weight is 437 g/mol. The van der Waals surface area contributed by atoms with Gasteiger partial charge in [-0.05, 0) is 65.1 Å². The number of esters is 1. The standard InChI is InChI=1S/C26H36N4O2/c1-5-9-21(26(31)32-6-2)18-28-20(4)30-16-13-22(14-17-30)27-15-12-23-19(3)29-25-11-8-7-10-24(23)25/h5,7-11,18,22,27,29H,6,12-17H2,1-4H3/b9-5?,21-18+,28-20?. The number of allylic oxidation sites excluding steroid dienone is 1. The number of carbonyl (C=O) groups excluding carboxylic acids is 1. The number of piperidine rings is 1. The van der Waals surface area contributed by atoms with Gasteiger partial charge >= 0.3 is 5.97 Å². The van der Waals surface area contributed by atoms with Crippen LogP contribution in [0.5, 0.6) is 0 Å². The van der Waals surface area contributed by atoms with Gasteiger partial charge in [0.2, 0.25) is 0 Å². The lowest BCUT2D eigenvalue weighted by molar-refractivity contribution is -0.138. The van der Waals surface area contributed by atoms with Crippen LogP contribution in [0.4, 0.5) is 0 Å². The fourth-order valence-electron chi connectivity index (χ4n) is 4.27. The Bertz CT molecular complexity index is 994. The van der Waals surface area contributed by atoms with Gasteiger partial charge in [0.15, 0.2) is 0 Å². The number of carbonyl (C=O) groups is 1. The number of H-pyrrole nitrogens is 1. The summed E-state index contributed by atoms with van der Waals surface area (Å²) in [6.45, 7) is 11.1. The first-order valence-corrected chi connectivity index (χ1v) is 11.6. The lowest BCUT2D eigenvalue weighted by atomic mass is 10.0. The zero-order valence-electron chi connectivity index (χ0n) is 19.8. The number of hydrogen-bond acceptors (Lipinski definition) is 4. The molecule has 1 aromatic carbocycles. The molecule has 3 rings (SSSR count). The molecule has 6 heteroatoms. The first-order chi connectivity index (χ1) is 15.5. The zero-order chi connectivity index (χ0) is 22.9. The van der Waals surface area contributed by atoms with Crippen LogP contribution in [-0.2, 0) is 16.0 Å². The van der Waals surface area contributed by atoms with E-state index < -0.39 is 0 Å². The molecule has 2 aromatic rings. The highest BCUT2D eigenvalue weighted by molar-refractivity contribution is 5.92. The van der Waals surface area contributed by atoms with Crippen molar-refractivity contribution in [2.24, 2.45) is 4.99 Å². The highest BCUT2D eigenvalue weighted by Crippen LogP contribution is 2.22.